The second-order valence-electron chi connectivity index (χ2n) is 8.93. The van der Waals surface area contributed by atoms with E-state index < -0.39 is 28.6 Å². The minimum Gasteiger partial charge on any atom is -0.477 e. The van der Waals surface area contributed by atoms with E-state index >= 15 is 0 Å². The number of Topliss-reactive ketones (excluding diaryl/α,β-unsaturated/α-hetero) is 2. The molecule has 0 aliphatic rings. The van der Waals surface area contributed by atoms with Crippen LogP contribution in [0.1, 0.15) is 51.4 Å². The standard InChI is InChI=1S/C8H8N2O2.C5H4Cl2N2.C5H4N2O4.C5H6N2O2.C5H6N2/c1-6(11)4-8(12)7-2-3-9-5-10-7;1-3-2-4(6)9-5(7)8-3;8-3-1-2(4(9)10)6-5(11)7-3;1-3-2-4(8)7-5(9)6-3;1-5-2-3-6-4-7-5/h2-3,5H,4H2,1H3;2H,1H3;1H,(H,9,10)(H2,6,7,8,11);2H,1H3,(H2,6,7,8,9);2-4H,1H3. The van der Waals surface area contributed by atoms with Gasteiger partial charge in [-0.05, 0) is 57.5 Å². The second-order valence-corrected chi connectivity index (χ2v) is 9.65. The number of aromatic nitrogens is 10. The summed E-state index contributed by atoms with van der Waals surface area (Å²) in [6.45, 7) is 6.76. The third-order valence-corrected chi connectivity index (χ3v) is 5.05. The van der Waals surface area contributed by atoms with Crippen molar-refractivity contribution >= 4 is 40.7 Å². The Morgan fingerprint density at radius 3 is 1.73 bits per heavy atom. The van der Waals surface area contributed by atoms with Gasteiger partial charge in [-0.2, -0.15) is 0 Å². The van der Waals surface area contributed by atoms with E-state index in [9.17, 15) is 33.6 Å². The van der Waals surface area contributed by atoms with Gasteiger partial charge in [0.2, 0.25) is 5.28 Å². The zero-order chi connectivity index (χ0) is 36.2. The zero-order valence-electron chi connectivity index (χ0n) is 25.6. The van der Waals surface area contributed by atoms with Gasteiger partial charge >= 0.3 is 17.3 Å². The van der Waals surface area contributed by atoms with E-state index in [0.717, 1.165) is 17.5 Å². The van der Waals surface area contributed by atoms with E-state index in [0.29, 0.717) is 16.5 Å². The first kappa shape index (κ1) is 40.0. The molecule has 0 saturated carbocycles. The summed E-state index contributed by atoms with van der Waals surface area (Å²) < 4.78 is 0. The number of carboxylic acid groups (broad SMARTS) is 1. The van der Waals surface area contributed by atoms with E-state index in [1.807, 2.05) is 27.9 Å². The van der Waals surface area contributed by atoms with Crippen molar-refractivity contribution in [3.05, 3.63) is 136 Å². The van der Waals surface area contributed by atoms with Crippen molar-refractivity contribution in [1.82, 2.24) is 49.8 Å². The van der Waals surface area contributed by atoms with Crippen molar-refractivity contribution in [2.75, 3.05) is 0 Å². The fourth-order valence-electron chi connectivity index (χ4n) is 2.80. The Hall–Kier alpha value is -6.01. The first-order valence-electron chi connectivity index (χ1n) is 13.1. The highest BCUT2D eigenvalue weighted by molar-refractivity contribution is 6.31. The Labute approximate surface area is 279 Å². The van der Waals surface area contributed by atoms with Crippen LogP contribution in [0.15, 0.2) is 74.6 Å². The lowest BCUT2D eigenvalue weighted by molar-refractivity contribution is -0.116. The number of H-pyrrole nitrogens is 4. The number of nitrogens with zero attached hydrogens (tertiary/aromatic N) is 6. The lowest BCUT2D eigenvalue weighted by Gasteiger charge is -1.94. The number of carbonyl (C=O) groups is 3. The highest BCUT2D eigenvalue weighted by Crippen LogP contribution is 2.08. The number of halogens is 2. The van der Waals surface area contributed by atoms with E-state index in [4.69, 9.17) is 28.3 Å². The lowest BCUT2D eigenvalue weighted by atomic mass is 10.1. The number of carboxylic acids is 1. The number of ketones is 2. The summed E-state index contributed by atoms with van der Waals surface area (Å²) in [5.41, 5.74) is -0.144. The average molecular weight is 704 g/mol. The monoisotopic (exact) mass is 702 g/mol. The van der Waals surface area contributed by atoms with Crippen molar-refractivity contribution in [2.45, 2.75) is 34.1 Å². The smallest absolute Gasteiger partial charge is 0.352 e. The van der Waals surface area contributed by atoms with Crippen molar-refractivity contribution in [3.8, 4) is 0 Å². The summed E-state index contributed by atoms with van der Waals surface area (Å²) in [5.74, 6) is -1.75. The minimum absolute atomic E-state index is 0.0863. The number of nitrogens with one attached hydrogen (secondary N) is 4. The van der Waals surface area contributed by atoms with Gasteiger partial charge in [0.1, 0.15) is 35.0 Å². The first-order chi connectivity index (χ1) is 22.5. The van der Waals surface area contributed by atoms with Crippen LogP contribution in [0.3, 0.4) is 0 Å². The second kappa shape index (κ2) is 20.9. The highest BCUT2D eigenvalue weighted by atomic mass is 35.5. The molecule has 5 N–H and O–H groups in total. The molecule has 0 radical (unpaired) electrons. The number of aromatic amines is 4. The van der Waals surface area contributed by atoms with Gasteiger partial charge in [0.05, 0.1) is 6.42 Å². The van der Waals surface area contributed by atoms with Gasteiger partial charge in [-0.1, -0.05) is 11.6 Å². The van der Waals surface area contributed by atoms with E-state index in [1.165, 1.54) is 37.9 Å². The normalized spacial score (nSPS) is 9.38. The van der Waals surface area contributed by atoms with Gasteiger partial charge in [-0.25, -0.2) is 44.3 Å². The number of hydrogen-bond acceptors (Lipinski definition) is 13. The van der Waals surface area contributed by atoms with Crippen molar-refractivity contribution in [3.63, 3.8) is 0 Å². The highest BCUT2D eigenvalue weighted by Gasteiger charge is 2.08. The largest absolute Gasteiger partial charge is 0.477 e. The molecule has 18 nitrogen and oxygen atoms in total. The zero-order valence-corrected chi connectivity index (χ0v) is 27.2. The summed E-state index contributed by atoms with van der Waals surface area (Å²) in [6, 6.07) is 7.11. The number of aromatic carboxylic acids is 1. The molecule has 0 amide bonds. The Bertz CT molecular complexity index is 1930. The SMILES string of the molecule is CC(=O)CC(=O)c1ccncn1.Cc1cc(=O)[nH]c(=O)[nH]1.Cc1cc(Cl)nc(Cl)n1.Cc1ccncn1.O=C(O)c1cc(=O)[nH]c(=O)[nH]1. The molecule has 5 rings (SSSR count). The summed E-state index contributed by atoms with van der Waals surface area (Å²) >= 11 is 11.0. The molecule has 0 aliphatic carbocycles. The van der Waals surface area contributed by atoms with Crippen molar-refractivity contribution in [2.24, 2.45) is 0 Å². The van der Waals surface area contributed by atoms with Crippen LogP contribution in [0.25, 0.3) is 0 Å². The van der Waals surface area contributed by atoms with Crippen LogP contribution in [-0.4, -0.2) is 72.5 Å². The molecular formula is C28H28Cl2N10O8. The first-order valence-corrected chi connectivity index (χ1v) is 13.9. The van der Waals surface area contributed by atoms with Crippen LogP contribution in [0, 0.1) is 20.8 Å². The third kappa shape index (κ3) is 18.1. The summed E-state index contributed by atoms with van der Waals surface area (Å²) in [7, 11) is 0. The molecule has 0 unspecified atom stereocenters. The van der Waals surface area contributed by atoms with Crippen LogP contribution in [0.4, 0.5) is 0 Å². The maximum Gasteiger partial charge on any atom is 0.352 e. The molecule has 0 saturated heterocycles. The van der Waals surface area contributed by atoms with Crippen LogP contribution in [-0.2, 0) is 4.79 Å². The van der Waals surface area contributed by atoms with Crippen LogP contribution < -0.4 is 22.5 Å². The molecule has 48 heavy (non-hydrogen) atoms. The fourth-order valence-corrected chi connectivity index (χ4v) is 3.31. The topological polar surface area (TPSA) is 280 Å². The van der Waals surface area contributed by atoms with E-state index in [1.54, 1.807) is 26.1 Å². The number of aryl methyl sites for hydroxylation is 3. The Morgan fingerprint density at radius 2 is 1.33 bits per heavy atom. The van der Waals surface area contributed by atoms with E-state index in [-0.39, 0.29) is 28.8 Å². The van der Waals surface area contributed by atoms with Gasteiger partial charge in [-0.15, -0.1) is 0 Å². The molecule has 0 spiro atoms. The van der Waals surface area contributed by atoms with Gasteiger partial charge < -0.3 is 15.1 Å². The van der Waals surface area contributed by atoms with Gasteiger partial charge in [0.25, 0.3) is 11.1 Å². The van der Waals surface area contributed by atoms with Gasteiger partial charge in [-0.3, -0.25) is 29.1 Å². The molecule has 5 aromatic heterocycles. The maximum atomic E-state index is 11.1. The van der Waals surface area contributed by atoms with Crippen molar-refractivity contribution < 1.29 is 19.5 Å². The minimum atomic E-state index is -1.34. The van der Waals surface area contributed by atoms with Crippen molar-refractivity contribution in [1.29, 1.82) is 0 Å². The molecule has 0 aromatic carbocycles. The molecule has 20 heteroatoms. The molecule has 252 valence electrons. The molecule has 0 bridgehead atoms. The predicted octanol–water partition coefficient (Wildman–Crippen LogP) is 1.65. The lowest BCUT2D eigenvalue weighted by Crippen LogP contribution is -2.24. The molecule has 0 aliphatic heterocycles. The molecule has 5 heterocycles. The van der Waals surface area contributed by atoms with Gasteiger partial charge in [0.15, 0.2) is 5.78 Å². The molecule has 0 atom stereocenters. The Balaban J connectivity index is 0.000000303. The van der Waals surface area contributed by atoms with E-state index in [2.05, 4.69) is 34.9 Å². The quantitative estimate of drug-likeness (QED) is 0.0770. The molecule has 5 aromatic rings. The summed E-state index contributed by atoms with van der Waals surface area (Å²) in [6.07, 6.45) is 5.93. The van der Waals surface area contributed by atoms with Crippen LogP contribution in [0.2, 0.25) is 10.4 Å². The Kier molecular flexibility index (Phi) is 17.4. The average Bonchev–Trinajstić information content (AvgIpc) is 2.97. The van der Waals surface area contributed by atoms with Crippen LogP contribution >= 0.6 is 23.2 Å². The van der Waals surface area contributed by atoms with Gasteiger partial charge in [0, 0.05) is 41.6 Å². The summed E-state index contributed by atoms with van der Waals surface area (Å²) in [4.78, 5) is 104. The Morgan fingerprint density at radius 1 is 0.750 bits per heavy atom. The fraction of sp³-hybridized carbons (Fsp3) is 0.179. The molecule has 0 fully saturated rings. The predicted molar refractivity (Wildman–Crippen MR) is 172 cm³/mol. The molecular weight excluding hydrogens is 675 g/mol. The van der Waals surface area contributed by atoms with Crippen LogP contribution in [0.5, 0.6) is 0 Å². The third-order valence-electron chi connectivity index (χ3n) is 4.69. The number of rotatable bonds is 4. The summed E-state index contributed by atoms with van der Waals surface area (Å²) in [5, 5.41) is 8.89. The number of carbonyl (C=O) groups excluding carboxylic acids is 2. The number of hydrogen-bond donors (Lipinski definition) is 5. The maximum absolute atomic E-state index is 11.1.